The van der Waals surface area contributed by atoms with Gasteiger partial charge in [-0.1, -0.05) is 34.8 Å². The molecule has 72 valence electrons. The largest absolute Gasteiger partial charge is 0.393 e. The maximum Gasteiger partial charge on any atom is 0.0553 e. The van der Waals surface area contributed by atoms with Crippen LogP contribution in [-0.4, -0.2) is 11.2 Å². The van der Waals surface area contributed by atoms with Crippen LogP contribution in [0, 0.1) is 0 Å². The van der Waals surface area contributed by atoms with Gasteiger partial charge in [-0.3, -0.25) is 0 Å². The van der Waals surface area contributed by atoms with E-state index in [0.717, 1.165) is 5.56 Å². The Morgan fingerprint density at radius 2 is 1.69 bits per heavy atom. The van der Waals surface area contributed by atoms with Crippen LogP contribution in [0.4, 0.5) is 0 Å². The number of hydrogen-bond donors (Lipinski definition) is 1. The fourth-order valence-corrected chi connectivity index (χ4v) is 2.03. The Bertz CT molecular complexity index is 287. The van der Waals surface area contributed by atoms with Crippen molar-refractivity contribution in [1.29, 1.82) is 0 Å². The second-order valence-corrected chi connectivity index (χ2v) is 4.15. The lowest BCUT2D eigenvalue weighted by atomic mass is 10.1. The molecule has 1 N–H and O–H groups in total. The lowest BCUT2D eigenvalue weighted by Gasteiger charge is -2.09. The second-order valence-electron chi connectivity index (χ2n) is 2.90. The van der Waals surface area contributed by atoms with Crippen LogP contribution in [0.25, 0.3) is 0 Å². The normalized spacial score (nSPS) is 13.0. The van der Waals surface area contributed by atoms with Crippen LogP contribution in [0.1, 0.15) is 12.5 Å². The molecule has 0 amide bonds. The highest BCUT2D eigenvalue weighted by molar-refractivity contribution is 6.39. The number of hydrogen-bond acceptors (Lipinski definition) is 1. The van der Waals surface area contributed by atoms with Crippen LogP contribution >= 0.6 is 34.8 Å². The quantitative estimate of drug-likeness (QED) is 0.836. The first-order valence-corrected chi connectivity index (χ1v) is 4.95. The monoisotopic (exact) mass is 238 g/mol. The van der Waals surface area contributed by atoms with Crippen LogP contribution in [-0.2, 0) is 6.42 Å². The van der Waals surface area contributed by atoms with Gasteiger partial charge in [-0.25, -0.2) is 0 Å². The molecule has 0 aliphatic heterocycles. The number of rotatable bonds is 2. The van der Waals surface area contributed by atoms with Crippen molar-refractivity contribution in [3.8, 4) is 0 Å². The van der Waals surface area contributed by atoms with Gasteiger partial charge in [-0.15, -0.1) is 0 Å². The summed E-state index contributed by atoms with van der Waals surface area (Å²) in [7, 11) is 0. The van der Waals surface area contributed by atoms with Crippen molar-refractivity contribution in [3.63, 3.8) is 0 Å². The molecule has 0 heterocycles. The maximum absolute atomic E-state index is 9.17. The van der Waals surface area contributed by atoms with Crippen molar-refractivity contribution < 1.29 is 5.11 Å². The maximum atomic E-state index is 9.17. The highest BCUT2D eigenvalue weighted by atomic mass is 35.5. The smallest absolute Gasteiger partial charge is 0.0553 e. The molecule has 0 unspecified atom stereocenters. The van der Waals surface area contributed by atoms with Crippen molar-refractivity contribution in [1.82, 2.24) is 0 Å². The molecule has 1 atom stereocenters. The van der Waals surface area contributed by atoms with Gasteiger partial charge in [0.25, 0.3) is 0 Å². The average Bonchev–Trinajstić information content (AvgIpc) is 1.96. The molecule has 0 saturated heterocycles. The molecular formula is C9H9Cl3O. The molecule has 13 heavy (non-hydrogen) atoms. The van der Waals surface area contributed by atoms with E-state index in [1.165, 1.54) is 0 Å². The van der Waals surface area contributed by atoms with E-state index in [1.807, 2.05) is 0 Å². The fraction of sp³-hybridized carbons (Fsp3) is 0.333. The van der Waals surface area contributed by atoms with Crippen LogP contribution in [0.3, 0.4) is 0 Å². The average molecular weight is 240 g/mol. The zero-order chi connectivity index (χ0) is 10.0. The number of aliphatic hydroxyl groups is 1. The Hall–Kier alpha value is 0.0500. The molecule has 0 aliphatic carbocycles. The summed E-state index contributed by atoms with van der Waals surface area (Å²) in [5.41, 5.74) is 0.739. The zero-order valence-electron chi connectivity index (χ0n) is 7.02. The van der Waals surface area contributed by atoms with Gasteiger partial charge in [0.1, 0.15) is 0 Å². The van der Waals surface area contributed by atoms with Crippen LogP contribution < -0.4 is 0 Å². The number of benzene rings is 1. The van der Waals surface area contributed by atoms with E-state index < -0.39 is 6.10 Å². The molecule has 0 aromatic heterocycles. The Labute approximate surface area is 92.2 Å². The van der Waals surface area contributed by atoms with Crippen LogP contribution in [0.2, 0.25) is 15.1 Å². The summed E-state index contributed by atoms with van der Waals surface area (Å²) >= 11 is 17.5. The Kier molecular flexibility index (Phi) is 3.87. The van der Waals surface area contributed by atoms with E-state index in [1.54, 1.807) is 19.1 Å². The third-order valence-corrected chi connectivity index (χ3v) is 2.50. The molecule has 0 bridgehead atoms. The fourth-order valence-electron chi connectivity index (χ4n) is 1.06. The predicted octanol–water partition coefficient (Wildman–Crippen LogP) is 3.57. The number of halogens is 3. The van der Waals surface area contributed by atoms with Gasteiger partial charge in [0.2, 0.25) is 0 Å². The van der Waals surface area contributed by atoms with Crippen molar-refractivity contribution in [3.05, 3.63) is 32.8 Å². The van der Waals surface area contributed by atoms with Gasteiger partial charge in [0, 0.05) is 21.5 Å². The van der Waals surface area contributed by atoms with Crippen LogP contribution in [0.5, 0.6) is 0 Å². The molecule has 0 radical (unpaired) electrons. The van der Waals surface area contributed by atoms with Gasteiger partial charge in [-0.05, 0) is 24.6 Å². The van der Waals surface area contributed by atoms with E-state index in [4.69, 9.17) is 34.8 Å². The minimum Gasteiger partial charge on any atom is -0.393 e. The van der Waals surface area contributed by atoms with E-state index in [-0.39, 0.29) is 0 Å². The Morgan fingerprint density at radius 3 is 2.08 bits per heavy atom. The van der Waals surface area contributed by atoms with E-state index in [0.29, 0.717) is 21.5 Å². The number of aliphatic hydroxyl groups excluding tert-OH is 1. The second kappa shape index (κ2) is 4.52. The summed E-state index contributed by atoms with van der Waals surface area (Å²) in [5, 5.41) is 10.7. The van der Waals surface area contributed by atoms with Crippen LogP contribution in [0.15, 0.2) is 12.1 Å². The van der Waals surface area contributed by atoms with Crippen molar-refractivity contribution in [2.75, 3.05) is 0 Å². The molecule has 1 aromatic carbocycles. The molecule has 4 heteroatoms. The SMILES string of the molecule is C[C@H](O)Cc1c(Cl)cc(Cl)cc1Cl. The third kappa shape index (κ3) is 3.03. The van der Waals surface area contributed by atoms with Gasteiger partial charge in [0.15, 0.2) is 0 Å². The van der Waals surface area contributed by atoms with E-state index in [9.17, 15) is 5.11 Å². The molecule has 0 spiro atoms. The predicted molar refractivity (Wildman–Crippen MR) is 56.9 cm³/mol. The standard InChI is InChI=1S/C9H9Cl3O/c1-5(13)2-7-8(11)3-6(10)4-9(7)12/h3-5,13H,2H2,1H3/t5-/m0/s1. The summed E-state index contributed by atoms with van der Waals surface area (Å²) in [4.78, 5) is 0. The molecule has 0 fully saturated rings. The van der Waals surface area contributed by atoms with Crippen molar-refractivity contribution in [2.24, 2.45) is 0 Å². The lowest BCUT2D eigenvalue weighted by Crippen LogP contribution is -2.05. The summed E-state index contributed by atoms with van der Waals surface area (Å²) in [6.45, 7) is 1.68. The van der Waals surface area contributed by atoms with Gasteiger partial charge >= 0.3 is 0 Å². The summed E-state index contributed by atoms with van der Waals surface area (Å²) in [6, 6.07) is 3.24. The van der Waals surface area contributed by atoms with Gasteiger partial charge in [0.05, 0.1) is 6.10 Å². The third-order valence-electron chi connectivity index (χ3n) is 1.61. The van der Waals surface area contributed by atoms with Gasteiger partial charge in [-0.2, -0.15) is 0 Å². The molecule has 0 aliphatic rings. The first-order chi connectivity index (χ1) is 6.00. The Morgan fingerprint density at radius 1 is 1.23 bits per heavy atom. The first kappa shape index (κ1) is 11.1. The van der Waals surface area contributed by atoms with Crippen molar-refractivity contribution >= 4 is 34.8 Å². The summed E-state index contributed by atoms with van der Waals surface area (Å²) < 4.78 is 0. The Balaban J connectivity index is 3.06. The van der Waals surface area contributed by atoms with E-state index >= 15 is 0 Å². The highest BCUT2D eigenvalue weighted by Gasteiger charge is 2.09. The highest BCUT2D eigenvalue weighted by Crippen LogP contribution is 2.29. The summed E-state index contributed by atoms with van der Waals surface area (Å²) in [5.74, 6) is 0. The molecule has 1 nitrogen and oxygen atoms in total. The lowest BCUT2D eigenvalue weighted by molar-refractivity contribution is 0.195. The molecule has 1 rings (SSSR count). The topological polar surface area (TPSA) is 20.2 Å². The first-order valence-electron chi connectivity index (χ1n) is 3.82. The zero-order valence-corrected chi connectivity index (χ0v) is 9.29. The molecular weight excluding hydrogens is 230 g/mol. The molecule has 0 saturated carbocycles. The van der Waals surface area contributed by atoms with E-state index in [2.05, 4.69) is 0 Å². The minimum atomic E-state index is -0.462. The summed E-state index contributed by atoms with van der Waals surface area (Å²) in [6.07, 6.45) is -0.0226. The molecule has 1 aromatic rings. The minimum absolute atomic E-state index is 0.439. The van der Waals surface area contributed by atoms with Crippen molar-refractivity contribution in [2.45, 2.75) is 19.4 Å². The van der Waals surface area contributed by atoms with Gasteiger partial charge < -0.3 is 5.11 Å².